The quantitative estimate of drug-likeness (QED) is 0.341. The molecule has 9 heteroatoms. The number of amides is 2. The Morgan fingerprint density at radius 2 is 1.79 bits per heavy atom. The Morgan fingerprint density at radius 1 is 1.05 bits per heavy atom. The van der Waals surface area contributed by atoms with Gasteiger partial charge in [-0.05, 0) is 66.7 Å². The second-order valence-corrected chi connectivity index (χ2v) is 11.9. The summed E-state index contributed by atoms with van der Waals surface area (Å²) in [5.74, 6) is -0.425. The van der Waals surface area contributed by atoms with Crippen LogP contribution < -0.4 is 10.6 Å². The van der Waals surface area contributed by atoms with E-state index in [2.05, 4.69) is 17.6 Å². The fraction of sp³-hybridized carbons (Fsp3) is 0.517. The molecule has 0 spiro atoms. The predicted octanol–water partition coefficient (Wildman–Crippen LogP) is 5.80. The lowest BCUT2D eigenvalue weighted by Gasteiger charge is -2.60. The molecule has 206 valence electrons. The summed E-state index contributed by atoms with van der Waals surface area (Å²) in [6, 6.07) is 14.5. The standard InChI is InChI=1S/C29H36Cl2N2O5/c1-28-13-12-25(38-27(37)33-19-8-9-21(30)22(31)14-19)29(2,17-34)24(28)11-10-23(35)20(28)15-26(36)32-16-18-6-4-3-5-7-18/h3-9,14,20,23-25,34-35H,10-13,15-17H2,1-2H3,(H,32,36)(H,33,37)/t20-,23-,24-,25-,28+,29+/m1/s1. The maximum absolute atomic E-state index is 12.9. The molecule has 2 aliphatic carbocycles. The molecule has 2 aromatic carbocycles. The maximum atomic E-state index is 12.9. The Morgan fingerprint density at radius 3 is 2.47 bits per heavy atom. The van der Waals surface area contributed by atoms with Crippen LogP contribution in [0.3, 0.4) is 0 Å². The van der Waals surface area contributed by atoms with Crippen molar-refractivity contribution in [2.75, 3.05) is 11.9 Å². The van der Waals surface area contributed by atoms with Crippen LogP contribution in [0.2, 0.25) is 10.0 Å². The van der Waals surface area contributed by atoms with E-state index in [4.69, 9.17) is 27.9 Å². The second kappa shape index (κ2) is 11.8. The SMILES string of the molecule is C[C@]1(CO)[C@@H]2CC[C@@H](O)[C@@H](CC(=O)NCc3ccccc3)[C@]2(C)CC[C@H]1OC(=O)Nc1ccc(Cl)c(Cl)c1. The van der Waals surface area contributed by atoms with Crippen LogP contribution in [0.4, 0.5) is 10.5 Å². The van der Waals surface area contributed by atoms with Crippen molar-refractivity contribution in [2.45, 2.75) is 64.7 Å². The Bertz CT molecular complexity index is 1150. The molecule has 0 aliphatic heterocycles. The summed E-state index contributed by atoms with van der Waals surface area (Å²) < 4.78 is 5.87. The van der Waals surface area contributed by atoms with Crippen molar-refractivity contribution in [3.05, 3.63) is 64.1 Å². The van der Waals surface area contributed by atoms with E-state index in [0.29, 0.717) is 48.0 Å². The van der Waals surface area contributed by atoms with Crippen molar-refractivity contribution in [1.29, 1.82) is 0 Å². The minimum absolute atomic E-state index is 0.0492. The molecular weight excluding hydrogens is 527 g/mol. The first-order valence-corrected chi connectivity index (χ1v) is 13.8. The predicted molar refractivity (Wildman–Crippen MR) is 148 cm³/mol. The Hall–Kier alpha value is -2.32. The molecule has 0 heterocycles. The molecule has 2 amide bonds. The molecule has 4 N–H and O–H groups in total. The number of hydrogen-bond acceptors (Lipinski definition) is 5. The van der Waals surface area contributed by atoms with Crippen molar-refractivity contribution < 1.29 is 24.5 Å². The zero-order valence-electron chi connectivity index (χ0n) is 21.8. The van der Waals surface area contributed by atoms with Gasteiger partial charge >= 0.3 is 6.09 Å². The third-order valence-corrected chi connectivity index (χ3v) is 9.57. The first-order chi connectivity index (χ1) is 18.1. The van der Waals surface area contributed by atoms with E-state index in [-0.39, 0.29) is 30.8 Å². The van der Waals surface area contributed by atoms with Crippen LogP contribution in [-0.2, 0) is 16.1 Å². The minimum atomic E-state index is -0.735. The zero-order chi connectivity index (χ0) is 27.5. The highest BCUT2D eigenvalue weighted by Crippen LogP contribution is 2.61. The largest absolute Gasteiger partial charge is 0.445 e. The summed E-state index contributed by atoms with van der Waals surface area (Å²) in [6.07, 6.45) is 0.781. The number of fused-ring (bicyclic) bond motifs is 1. The van der Waals surface area contributed by atoms with E-state index < -0.39 is 29.1 Å². The number of aliphatic hydroxyl groups is 2. The van der Waals surface area contributed by atoms with Crippen molar-refractivity contribution in [3.63, 3.8) is 0 Å². The van der Waals surface area contributed by atoms with Gasteiger partial charge < -0.3 is 20.3 Å². The van der Waals surface area contributed by atoms with Gasteiger partial charge in [0.05, 0.1) is 22.8 Å². The Labute approximate surface area is 233 Å². The lowest BCUT2D eigenvalue weighted by molar-refractivity contribution is -0.185. The molecule has 0 saturated heterocycles. The normalized spacial score (nSPS) is 30.7. The third kappa shape index (κ3) is 5.96. The van der Waals surface area contributed by atoms with Crippen LogP contribution in [-0.4, -0.2) is 41.0 Å². The van der Waals surface area contributed by atoms with E-state index in [1.807, 2.05) is 37.3 Å². The fourth-order valence-electron chi connectivity index (χ4n) is 6.70. The van der Waals surface area contributed by atoms with Crippen LogP contribution in [0.1, 0.15) is 51.5 Å². The topological polar surface area (TPSA) is 108 Å². The van der Waals surface area contributed by atoms with Crippen LogP contribution in [0, 0.1) is 22.7 Å². The summed E-state index contributed by atoms with van der Waals surface area (Å²) in [5, 5.41) is 28.0. The van der Waals surface area contributed by atoms with Gasteiger partial charge in [-0.15, -0.1) is 0 Å². The van der Waals surface area contributed by atoms with Crippen LogP contribution in [0.5, 0.6) is 0 Å². The summed E-state index contributed by atoms with van der Waals surface area (Å²) in [6.45, 7) is 4.30. The molecule has 0 aromatic heterocycles. The van der Waals surface area contributed by atoms with Gasteiger partial charge in [-0.25, -0.2) is 4.79 Å². The number of aliphatic hydroxyl groups excluding tert-OH is 2. The molecule has 2 saturated carbocycles. The van der Waals surface area contributed by atoms with Gasteiger partial charge in [0.2, 0.25) is 5.91 Å². The number of hydrogen-bond donors (Lipinski definition) is 4. The summed E-state index contributed by atoms with van der Waals surface area (Å²) in [7, 11) is 0. The number of benzene rings is 2. The van der Waals surface area contributed by atoms with Crippen LogP contribution in [0.25, 0.3) is 0 Å². The number of anilines is 1. The number of carbonyl (C=O) groups is 2. The van der Waals surface area contributed by atoms with E-state index in [0.717, 1.165) is 5.56 Å². The van der Waals surface area contributed by atoms with E-state index in [1.165, 1.54) is 0 Å². The molecular formula is C29H36Cl2N2O5. The van der Waals surface area contributed by atoms with E-state index in [1.54, 1.807) is 18.2 Å². The van der Waals surface area contributed by atoms with Gasteiger partial charge in [-0.2, -0.15) is 0 Å². The molecule has 0 unspecified atom stereocenters. The lowest BCUT2D eigenvalue weighted by Crippen LogP contribution is -2.61. The molecule has 2 fully saturated rings. The zero-order valence-corrected chi connectivity index (χ0v) is 23.3. The third-order valence-electron chi connectivity index (χ3n) is 8.83. The highest BCUT2D eigenvalue weighted by atomic mass is 35.5. The first kappa shape index (κ1) is 28.7. The number of rotatable bonds is 7. The molecule has 38 heavy (non-hydrogen) atoms. The average molecular weight is 564 g/mol. The number of ether oxygens (including phenoxy) is 1. The Balaban J connectivity index is 1.45. The van der Waals surface area contributed by atoms with Crippen molar-refractivity contribution in [2.24, 2.45) is 22.7 Å². The van der Waals surface area contributed by atoms with Gasteiger partial charge in [0.15, 0.2) is 0 Å². The molecule has 6 atom stereocenters. The molecule has 2 aromatic rings. The van der Waals surface area contributed by atoms with Crippen molar-refractivity contribution in [1.82, 2.24) is 5.32 Å². The van der Waals surface area contributed by atoms with E-state index >= 15 is 0 Å². The van der Waals surface area contributed by atoms with Gasteiger partial charge in [0.25, 0.3) is 0 Å². The molecule has 4 rings (SSSR count). The van der Waals surface area contributed by atoms with Crippen molar-refractivity contribution in [3.8, 4) is 0 Å². The van der Waals surface area contributed by atoms with Crippen LogP contribution in [0.15, 0.2) is 48.5 Å². The van der Waals surface area contributed by atoms with Gasteiger partial charge in [0.1, 0.15) is 6.10 Å². The minimum Gasteiger partial charge on any atom is -0.445 e. The smallest absolute Gasteiger partial charge is 0.411 e. The van der Waals surface area contributed by atoms with Crippen LogP contribution >= 0.6 is 23.2 Å². The highest BCUT2D eigenvalue weighted by molar-refractivity contribution is 6.42. The fourth-order valence-corrected chi connectivity index (χ4v) is 7.00. The van der Waals surface area contributed by atoms with E-state index in [9.17, 15) is 19.8 Å². The summed E-state index contributed by atoms with van der Waals surface area (Å²) in [4.78, 5) is 25.7. The van der Waals surface area contributed by atoms with Gasteiger partial charge in [-0.3, -0.25) is 10.1 Å². The summed E-state index contributed by atoms with van der Waals surface area (Å²) >= 11 is 12.0. The number of carbonyl (C=O) groups excluding carboxylic acids is 2. The van der Waals surface area contributed by atoms with Gasteiger partial charge in [-0.1, -0.05) is 67.4 Å². The molecule has 0 bridgehead atoms. The highest BCUT2D eigenvalue weighted by Gasteiger charge is 2.60. The molecule has 7 nitrogen and oxygen atoms in total. The monoisotopic (exact) mass is 562 g/mol. The molecule has 0 radical (unpaired) electrons. The Kier molecular flexibility index (Phi) is 8.92. The van der Waals surface area contributed by atoms with Crippen molar-refractivity contribution >= 4 is 40.9 Å². The first-order valence-electron chi connectivity index (χ1n) is 13.1. The number of nitrogens with one attached hydrogen (secondary N) is 2. The van der Waals surface area contributed by atoms with Gasteiger partial charge in [0, 0.05) is 24.1 Å². The maximum Gasteiger partial charge on any atom is 0.411 e. The number of halogens is 2. The summed E-state index contributed by atoms with van der Waals surface area (Å²) in [5.41, 5.74) is 0.331. The lowest BCUT2D eigenvalue weighted by atomic mass is 9.46. The molecule has 2 aliphatic rings. The second-order valence-electron chi connectivity index (χ2n) is 11.1. The average Bonchev–Trinajstić information content (AvgIpc) is 2.89.